The Labute approximate surface area is 135 Å². The summed E-state index contributed by atoms with van der Waals surface area (Å²) in [5, 5.41) is 11.8. The Hall–Kier alpha value is -0.320. The van der Waals surface area contributed by atoms with Crippen LogP contribution >= 0.6 is 23.2 Å². The number of ether oxygens (including phenoxy) is 2. The Balaban J connectivity index is 1.69. The van der Waals surface area contributed by atoms with Gasteiger partial charge in [-0.05, 0) is 36.5 Å². The number of hydrogen-bond acceptors (Lipinski definition) is 3. The van der Waals surface area contributed by atoms with Crippen LogP contribution in [-0.2, 0) is 15.9 Å². The number of rotatable bonds is 3. The standard InChI is InChI=1S/C16H20Cl2O3/c17-13-2-1-3-14(18)12(13)8-15(19)11-4-6-21-16(9-11)5-7-20-10-16/h1-3,11,15,19H,4-10H2. The molecule has 1 aromatic carbocycles. The van der Waals surface area contributed by atoms with Gasteiger partial charge in [0.15, 0.2) is 0 Å². The zero-order valence-corrected chi connectivity index (χ0v) is 13.4. The Morgan fingerprint density at radius 2 is 2.05 bits per heavy atom. The average molecular weight is 331 g/mol. The van der Waals surface area contributed by atoms with E-state index in [9.17, 15) is 5.11 Å². The first-order chi connectivity index (χ1) is 10.1. The number of halogens is 2. The number of benzene rings is 1. The third-order valence-electron chi connectivity index (χ3n) is 4.62. The third kappa shape index (κ3) is 3.38. The summed E-state index contributed by atoms with van der Waals surface area (Å²) in [4.78, 5) is 0. The van der Waals surface area contributed by atoms with Crippen LogP contribution < -0.4 is 0 Å². The van der Waals surface area contributed by atoms with Gasteiger partial charge >= 0.3 is 0 Å². The summed E-state index contributed by atoms with van der Waals surface area (Å²) in [6.45, 7) is 2.07. The monoisotopic (exact) mass is 330 g/mol. The predicted molar refractivity (Wildman–Crippen MR) is 83.0 cm³/mol. The molecule has 0 aliphatic carbocycles. The maximum absolute atomic E-state index is 10.6. The van der Waals surface area contributed by atoms with Crippen LogP contribution in [0.3, 0.4) is 0 Å². The van der Waals surface area contributed by atoms with Crippen molar-refractivity contribution in [1.29, 1.82) is 0 Å². The summed E-state index contributed by atoms with van der Waals surface area (Å²) in [7, 11) is 0. The van der Waals surface area contributed by atoms with E-state index in [1.165, 1.54) is 0 Å². The Bertz CT molecular complexity index is 480. The second kappa shape index (κ2) is 6.43. The van der Waals surface area contributed by atoms with E-state index < -0.39 is 6.10 Å². The van der Waals surface area contributed by atoms with Crippen LogP contribution in [0.2, 0.25) is 10.0 Å². The fourth-order valence-electron chi connectivity index (χ4n) is 3.36. The van der Waals surface area contributed by atoms with Crippen molar-refractivity contribution in [3.8, 4) is 0 Å². The van der Waals surface area contributed by atoms with Gasteiger partial charge in [-0.15, -0.1) is 0 Å². The number of aliphatic hydroxyl groups is 1. The smallest absolute Gasteiger partial charge is 0.0940 e. The van der Waals surface area contributed by atoms with Gasteiger partial charge in [0.1, 0.15) is 0 Å². The van der Waals surface area contributed by atoms with Gasteiger partial charge in [-0.25, -0.2) is 0 Å². The molecule has 1 aromatic rings. The number of aliphatic hydroxyl groups excluding tert-OH is 1. The van der Waals surface area contributed by atoms with Crippen LogP contribution in [0.1, 0.15) is 24.8 Å². The Morgan fingerprint density at radius 1 is 1.29 bits per heavy atom. The van der Waals surface area contributed by atoms with Crippen molar-refractivity contribution in [2.24, 2.45) is 5.92 Å². The molecule has 116 valence electrons. The van der Waals surface area contributed by atoms with Crippen LogP contribution in [0.15, 0.2) is 18.2 Å². The molecule has 1 spiro atoms. The molecule has 2 aliphatic rings. The van der Waals surface area contributed by atoms with Gasteiger partial charge in [0.2, 0.25) is 0 Å². The molecule has 2 fully saturated rings. The van der Waals surface area contributed by atoms with Crippen molar-refractivity contribution in [2.45, 2.75) is 37.4 Å². The second-order valence-electron chi connectivity index (χ2n) is 6.06. The van der Waals surface area contributed by atoms with E-state index in [4.69, 9.17) is 32.7 Å². The fourth-order valence-corrected chi connectivity index (χ4v) is 3.91. The van der Waals surface area contributed by atoms with Crippen LogP contribution in [-0.4, -0.2) is 36.6 Å². The summed E-state index contributed by atoms with van der Waals surface area (Å²) in [5.74, 6) is 0.202. The first kappa shape index (κ1) is 15.6. The van der Waals surface area contributed by atoms with E-state index in [0.29, 0.717) is 29.7 Å². The summed E-state index contributed by atoms with van der Waals surface area (Å²) in [6, 6.07) is 5.44. The highest BCUT2D eigenvalue weighted by Gasteiger charge is 2.42. The maximum atomic E-state index is 10.6. The molecule has 0 saturated carbocycles. The quantitative estimate of drug-likeness (QED) is 0.922. The van der Waals surface area contributed by atoms with E-state index in [1.54, 1.807) is 0 Å². The van der Waals surface area contributed by atoms with Crippen LogP contribution in [0.4, 0.5) is 0 Å². The summed E-state index contributed by atoms with van der Waals surface area (Å²) in [5.41, 5.74) is 0.644. The molecule has 3 rings (SSSR count). The highest BCUT2D eigenvalue weighted by atomic mass is 35.5. The Morgan fingerprint density at radius 3 is 2.71 bits per heavy atom. The molecule has 0 aromatic heterocycles. The highest BCUT2D eigenvalue weighted by molar-refractivity contribution is 6.35. The zero-order valence-electron chi connectivity index (χ0n) is 11.9. The maximum Gasteiger partial charge on any atom is 0.0940 e. The topological polar surface area (TPSA) is 38.7 Å². The minimum Gasteiger partial charge on any atom is -0.392 e. The lowest BCUT2D eigenvalue weighted by molar-refractivity contribution is -0.116. The molecular weight excluding hydrogens is 311 g/mol. The molecule has 0 radical (unpaired) electrons. The summed E-state index contributed by atoms with van der Waals surface area (Å²) < 4.78 is 11.4. The molecule has 3 nitrogen and oxygen atoms in total. The van der Waals surface area contributed by atoms with Gasteiger partial charge in [-0.3, -0.25) is 0 Å². The predicted octanol–water partition coefficient (Wildman–Crippen LogP) is 3.48. The van der Waals surface area contributed by atoms with Gasteiger partial charge in [0.25, 0.3) is 0 Å². The summed E-state index contributed by atoms with van der Waals surface area (Å²) in [6.07, 6.45) is 2.66. The van der Waals surface area contributed by atoms with Crippen molar-refractivity contribution in [3.63, 3.8) is 0 Å². The molecule has 21 heavy (non-hydrogen) atoms. The van der Waals surface area contributed by atoms with Crippen molar-refractivity contribution in [1.82, 2.24) is 0 Å². The van der Waals surface area contributed by atoms with E-state index in [0.717, 1.165) is 31.4 Å². The first-order valence-corrected chi connectivity index (χ1v) is 8.18. The van der Waals surface area contributed by atoms with Crippen molar-refractivity contribution < 1.29 is 14.6 Å². The summed E-state index contributed by atoms with van der Waals surface area (Å²) >= 11 is 12.4. The van der Waals surface area contributed by atoms with Crippen molar-refractivity contribution >= 4 is 23.2 Å². The molecule has 0 bridgehead atoms. The highest BCUT2D eigenvalue weighted by Crippen LogP contribution is 2.38. The lowest BCUT2D eigenvalue weighted by atomic mass is 9.80. The molecule has 2 aliphatic heterocycles. The minimum atomic E-state index is -0.455. The lowest BCUT2D eigenvalue weighted by Crippen LogP contribution is -2.44. The third-order valence-corrected chi connectivity index (χ3v) is 5.33. The zero-order chi connectivity index (χ0) is 14.9. The molecule has 5 heteroatoms. The molecule has 1 N–H and O–H groups in total. The van der Waals surface area contributed by atoms with Gasteiger partial charge in [-0.1, -0.05) is 29.3 Å². The van der Waals surface area contributed by atoms with Crippen LogP contribution in [0.5, 0.6) is 0 Å². The largest absolute Gasteiger partial charge is 0.392 e. The van der Waals surface area contributed by atoms with Crippen molar-refractivity contribution in [3.05, 3.63) is 33.8 Å². The van der Waals surface area contributed by atoms with E-state index in [2.05, 4.69) is 0 Å². The second-order valence-corrected chi connectivity index (χ2v) is 6.87. The van der Waals surface area contributed by atoms with E-state index in [1.807, 2.05) is 18.2 Å². The molecular formula is C16H20Cl2O3. The molecule has 2 heterocycles. The van der Waals surface area contributed by atoms with Crippen molar-refractivity contribution in [2.75, 3.05) is 19.8 Å². The van der Waals surface area contributed by atoms with Gasteiger partial charge < -0.3 is 14.6 Å². The van der Waals surface area contributed by atoms with Gasteiger partial charge in [0, 0.05) is 36.1 Å². The normalized spacial score (nSPS) is 30.7. The average Bonchev–Trinajstić information content (AvgIpc) is 2.91. The van der Waals surface area contributed by atoms with E-state index in [-0.39, 0.29) is 11.5 Å². The number of hydrogen-bond donors (Lipinski definition) is 1. The lowest BCUT2D eigenvalue weighted by Gasteiger charge is -2.39. The SMILES string of the molecule is OC(Cc1c(Cl)cccc1Cl)C1CCOC2(CCOC2)C1. The van der Waals surface area contributed by atoms with Gasteiger partial charge in [0.05, 0.1) is 18.3 Å². The molecule has 3 unspecified atom stereocenters. The fraction of sp³-hybridized carbons (Fsp3) is 0.625. The van der Waals surface area contributed by atoms with Crippen LogP contribution in [0.25, 0.3) is 0 Å². The Kier molecular flexibility index (Phi) is 4.77. The van der Waals surface area contributed by atoms with Gasteiger partial charge in [-0.2, -0.15) is 0 Å². The first-order valence-electron chi connectivity index (χ1n) is 7.42. The van der Waals surface area contributed by atoms with Crippen LogP contribution in [0, 0.1) is 5.92 Å². The molecule has 0 amide bonds. The molecule has 2 saturated heterocycles. The minimum absolute atomic E-state index is 0.186. The van der Waals surface area contributed by atoms with E-state index >= 15 is 0 Å². The molecule has 3 atom stereocenters.